The summed E-state index contributed by atoms with van der Waals surface area (Å²) < 4.78 is 11.8. The molecule has 158 valence electrons. The third-order valence-corrected chi connectivity index (χ3v) is 6.58. The second-order valence-electron chi connectivity index (χ2n) is 8.63. The molecule has 0 amide bonds. The standard InChI is InChI=1S/C20H38N4O2.HI/c1-16-7-5-9-20(13-16,23(3)4)15-22-19(21-2)24-10-12-26-18(14-24)17-8-6-11-25-17;/h16-18H,5-15H2,1-4H3,(H,21,22);1H. The van der Waals surface area contributed by atoms with Crippen molar-refractivity contribution in [1.82, 2.24) is 15.1 Å². The molecule has 0 radical (unpaired) electrons. The molecule has 3 aliphatic rings. The van der Waals surface area contributed by atoms with Gasteiger partial charge >= 0.3 is 0 Å². The fraction of sp³-hybridized carbons (Fsp3) is 0.950. The Morgan fingerprint density at radius 2 is 1.96 bits per heavy atom. The number of aliphatic imine (C=N–C) groups is 1. The van der Waals surface area contributed by atoms with Crippen LogP contribution in [-0.2, 0) is 9.47 Å². The first-order chi connectivity index (χ1) is 12.5. The molecular formula is C20H39IN4O2. The maximum atomic E-state index is 6.00. The van der Waals surface area contributed by atoms with E-state index in [1.54, 1.807) is 0 Å². The maximum Gasteiger partial charge on any atom is 0.193 e. The van der Waals surface area contributed by atoms with Crippen LogP contribution < -0.4 is 5.32 Å². The average Bonchev–Trinajstić information content (AvgIpc) is 3.17. The fourth-order valence-electron chi connectivity index (χ4n) is 4.92. The molecule has 0 aromatic carbocycles. The van der Waals surface area contributed by atoms with E-state index in [4.69, 9.17) is 9.47 Å². The maximum absolute atomic E-state index is 6.00. The summed E-state index contributed by atoms with van der Waals surface area (Å²) in [5, 5.41) is 3.70. The number of morpholine rings is 1. The first kappa shape index (κ1) is 23.2. The number of likely N-dealkylation sites (N-methyl/N-ethyl adjacent to an activating group) is 1. The molecule has 0 spiro atoms. The van der Waals surface area contributed by atoms with E-state index >= 15 is 0 Å². The molecular weight excluding hydrogens is 455 g/mol. The van der Waals surface area contributed by atoms with Crippen molar-refractivity contribution in [3.63, 3.8) is 0 Å². The van der Waals surface area contributed by atoms with Gasteiger partial charge in [0, 0.05) is 38.8 Å². The second-order valence-corrected chi connectivity index (χ2v) is 8.63. The first-order valence-corrected chi connectivity index (χ1v) is 10.4. The molecule has 4 unspecified atom stereocenters. The minimum absolute atomic E-state index is 0. The quantitative estimate of drug-likeness (QED) is 0.370. The zero-order chi connectivity index (χ0) is 18.6. The number of nitrogens with zero attached hydrogens (tertiary/aromatic N) is 3. The molecule has 2 saturated heterocycles. The third-order valence-electron chi connectivity index (χ3n) is 6.58. The lowest BCUT2D eigenvalue weighted by Crippen LogP contribution is -2.59. The van der Waals surface area contributed by atoms with E-state index < -0.39 is 0 Å². The predicted molar refractivity (Wildman–Crippen MR) is 121 cm³/mol. The highest BCUT2D eigenvalue weighted by molar-refractivity contribution is 14.0. The summed E-state index contributed by atoms with van der Waals surface area (Å²) in [6, 6.07) is 0. The summed E-state index contributed by atoms with van der Waals surface area (Å²) in [6.07, 6.45) is 7.88. The van der Waals surface area contributed by atoms with E-state index in [2.05, 4.69) is 41.1 Å². The Morgan fingerprint density at radius 3 is 2.59 bits per heavy atom. The highest BCUT2D eigenvalue weighted by Crippen LogP contribution is 2.35. The van der Waals surface area contributed by atoms with Gasteiger partial charge in [-0.1, -0.05) is 19.8 Å². The number of hydrogen-bond acceptors (Lipinski definition) is 4. The first-order valence-electron chi connectivity index (χ1n) is 10.4. The summed E-state index contributed by atoms with van der Waals surface area (Å²) in [7, 11) is 6.35. The monoisotopic (exact) mass is 494 g/mol. The molecule has 0 aromatic rings. The van der Waals surface area contributed by atoms with Crippen LogP contribution in [0.3, 0.4) is 0 Å². The molecule has 1 aliphatic carbocycles. The molecule has 1 saturated carbocycles. The number of halogens is 1. The van der Waals surface area contributed by atoms with Crippen molar-refractivity contribution in [3.8, 4) is 0 Å². The van der Waals surface area contributed by atoms with Crippen LogP contribution in [-0.4, -0.2) is 87.5 Å². The number of hydrogen-bond donors (Lipinski definition) is 1. The minimum Gasteiger partial charge on any atom is -0.375 e. The molecule has 2 aliphatic heterocycles. The Hall–Kier alpha value is -0.120. The van der Waals surface area contributed by atoms with E-state index in [-0.39, 0.29) is 41.7 Å². The molecule has 0 aromatic heterocycles. The van der Waals surface area contributed by atoms with Gasteiger partial charge < -0.3 is 24.6 Å². The van der Waals surface area contributed by atoms with Crippen LogP contribution in [0.5, 0.6) is 0 Å². The van der Waals surface area contributed by atoms with Gasteiger partial charge in [0.05, 0.1) is 12.7 Å². The number of nitrogens with one attached hydrogen (secondary N) is 1. The van der Waals surface area contributed by atoms with Gasteiger partial charge in [0.2, 0.25) is 0 Å². The van der Waals surface area contributed by atoms with Gasteiger partial charge in [-0.05, 0) is 45.7 Å². The topological polar surface area (TPSA) is 49.3 Å². The van der Waals surface area contributed by atoms with Crippen molar-refractivity contribution >= 4 is 29.9 Å². The lowest BCUT2D eigenvalue weighted by molar-refractivity contribution is -0.0818. The van der Waals surface area contributed by atoms with Crippen LogP contribution in [0.15, 0.2) is 4.99 Å². The largest absolute Gasteiger partial charge is 0.375 e. The summed E-state index contributed by atoms with van der Waals surface area (Å²) >= 11 is 0. The Balaban J connectivity index is 0.00000261. The lowest BCUT2D eigenvalue weighted by Gasteiger charge is -2.46. The third kappa shape index (κ3) is 5.70. The average molecular weight is 494 g/mol. The summed E-state index contributed by atoms with van der Waals surface area (Å²) in [5.41, 5.74) is 0.230. The second kappa shape index (κ2) is 10.6. The van der Waals surface area contributed by atoms with Gasteiger partial charge in [-0.15, -0.1) is 24.0 Å². The fourth-order valence-corrected chi connectivity index (χ4v) is 4.92. The lowest BCUT2D eigenvalue weighted by atomic mass is 9.75. The molecule has 6 nitrogen and oxygen atoms in total. The van der Waals surface area contributed by atoms with Crippen LogP contribution in [0.1, 0.15) is 45.4 Å². The van der Waals surface area contributed by atoms with Gasteiger partial charge in [-0.25, -0.2) is 0 Å². The molecule has 27 heavy (non-hydrogen) atoms. The SMILES string of the molecule is CN=C(NCC1(N(C)C)CCCC(C)C1)N1CCOC(C2CCCO2)C1.I. The molecule has 4 atom stereocenters. The Bertz CT molecular complexity index is 485. The van der Waals surface area contributed by atoms with Crippen molar-refractivity contribution in [1.29, 1.82) is 0 Å². The van der Waals surface area contributed by atoms with Crippen LogP contribution in [0.25, 0.3) is 0 Å². The molecule has 7 heteroatoms. The highest BCUT2D eigenvalue weighted by atomic mass is 127. The summed E-state index contributed by atoms with van der Waals surface area (Å²) in [4.78, 5) is 9.36. The normalized spacial score (nSPS) is 35.2. The van der Waals surface area contributed by atoms with Gasteiger partial charge in [-0.3, -0.25) is 4.99 Å². The zero-order valence-corrected chi connectivity index (χ0v) is 19.9. The molecule has 1 N–H and O–H groups in total. The van der Waals surface area contributed by atoms with Gasteiger partial charge in [0.25, 0.3) is 0 Å². The van der Waals surface area contributed by atoms with Crippen molar-refractivity contribution in [2.24, 2.45) is 10.9 Å². The minimum atomic E-state index is 0. The van der Waals surface area contributed by atoms with E-state index in [0.717, 1.165) is 57.6 Å². The highest BCUT2D eigenvalue weighted by Gasteiger charge is 2.38. The van der Waals surface area contributed by atoms with E-state index in [1.807, 2.05) is 7.05 Å². The smallest absolute Gasteiger partial charge is 0.193 e. The Kier molecular flexibility index (Phi) is 9.09. The van der Waals surface area contributed by atoms with Gasteiger partial charge in [-0.2, -0.15) is 0 Å². The number of guanidine groups is 1. The zero-order valence-electron chi connectivity index (χ0n) is 17.6. The molecule has 3 fully saturated rings. The predicted octanol–water partition coefficient (Wildman–Crippen LogP) is 2.57. The Labute approximate surface area is 182 Å². The molecule has 3 rings (SSSR count). The van der Waals surface area contributed by atoms with Crippen LogP contribution >= 0.6 is 24.0 Å². The molecule has 2 heterocycles. The van der Waals surface area contributed by atoms with E-state index in [9.17, 15) is 0 Å². The van der Waals surface area contributed by atoms with Crippen molar-refractivity contribution in [2.75, 3.05) is 54.0 Å². The van der Waals surface area contributed by atoms with Crippen molar-refractivity contribution < 1.29 is 9.47 Å². The van der Waals surface area contributed by atoms with Crippen molar-refractivity contribution in [2.45, 2.75) is 63.2 Å². The number of ether oxygens (including phenoxy) is 2. The van der Waals surface area contributed by atoms with E-state index in [0.29, 0.717) is 0 Å². The van der Waals surface area contributed by atoms with Crippen LogP contribution in [0.2, 0.25) is 0 Å². The van der Waals surface area contributed by atoms with Crippen LogP contribution in [0.4, 0.5) is 0 Å². The van der Waals surface area contributed by atoms with Gasteiger partial charge in [0.15, 0.2) is 5.96 Å². The molecule has 0 bridgehead atoms. The summed E-state index contributed by atoms with van der Waals surface area (Å²) in [5.74, 6) is 1.80. The van der Waals surface area contributed by atoms with Gasteiger partial charge in [0.1, 0.15) is 6.10 Å². The van der Waals surface area contributed by atoms with Crippen molar-refractivity contribution in [3.05, 3.63) is 0 Å². The Morgan fingerprint density at radius 1 is 1.19 bits per heavy atom. The number of rotatable bonds is 4. The summed E-state index contributed by atoms with van der Waals surface area (Å²) in [6.45, 7) is 6.74. The van der Waals surface area contributed by atoms with E-state index in [1.165, 1.54) is 25.7 Å². The van der Waals surface area contributed by atoms with Crippen LogP contribution in [0, 0.1) is 5.92 Å².